The van der Waals surface area contributed by atoms with E-state index in [0.29, 0.717) is 12.8 Å². The lowest BCUT2D eigenvalue weighted by Gasteiger charge is -2.47. The van der Waals surface area contributed by atoms with Crippen molar-refractivity contribution < 1.29 is 19.1 Å². The molecule has 0 radical (unpaired) electrons. The summed E-state index contributed by atoms with van der Waals surface area (Å²) in [4.78, 5) is 12.1. The molecule has 0 bridgehead atoms. The number of cyclic esters (lactones) is 1. The van der Waals surface area contributed by atoms with Gasteiger partial charge in [-0.1, -0.05) is 88.4 Å². The third kappa shape index (κ3) is 4.04. The molecule has 0 aromatic heterocycles. The van der Waals surface area contributed by atoms with Gasteiger partial charge in [0.25, 0.3) is 8.32 Å². The van der Waals surface area contributed by atoms with Crippen molar-refractivity contribution in [1.82, 2.24) is 0 Å². The zero-order chi connectivity index (χ0) is 21.1. The molecule has 5 heteroatoms. The Morgan fingerprint density at radius 2 is 1.59 bits per heavy atom. The van der Waals surface area contributed by atoms with Crippen LogP contribution in [-0.4, -0.2) is 38.2 Å². The lowest BCUT2D eigenvalue weighted by molar-refractivity contribution is -0.188. The highest BCUT2D eigenvalue weighted by Crippen LogP contribution is 2.39. The number of hydrogen-bond donors (Lipinski definition) is 1. The fraction of sp³-hybridized carbons (Fsp3) is 0.458. The summed E-state index contributed by atoms with van der Waals surface area (Å²) in [5, 5.41) is 12.4. The molecule has 0 aliphatic carbocycles. The van der Waals surface area contributed by atoms with Crippen molar-refractivity contribution in [1.29, 1.82) is 0 Å². The van der Waals surface area contributed by atoms with Crippen molar-refractivity contribution in [2.24, 2.45) is 5.92 Å². The molecule has 1 saturated heterocycles. The highest BCUT2D eigenvalue weighted by Gasteiger charge is 2.53. The zero-order valence-corrected chi connectivity index (χ0v) is 18.9. The summed E-state index contributed by atoms with van der Waals surface area (Å²) in [7, 11) is -2.75. The Morgan fingerprint density at radius 1 is 1.07 bits per heavy atom. The molecule has 29 heavy (non-hydrogen) atoms. The van der Waals surface area contributed by atoms with E-state index in [-0.39, 0.29) is 30.1 Å². The van der Waals surface area contributed by atoms with E-state index in [1.54, 1.807) is 0 Å². The van der Waals surface area contributed by atoms with Crippen molar-refractivity contribution in [3.8, 4) is 0 Å². The molecular formula is C24H32O4Si. The molecule has 0 saturated carbocycles. The van der Waals surface area contributed by atoms with E-state index in [4.69, 9.17) is 9.16 Å². The fourth-order valence-corrected chi connectivity index (χ4v) is 8.99. The van der Waals surface area contributed by atoms with Crippen LogP contribution in [0.25, 0.3) is 0 Å². The molecule has 2 atom stereocenters. The van der Waals surface area contributed by atoms with Gasteiger partial charge < -0.3 is 14.3 Å². The maximum atomic E-state index is 12.1. The largest absolute Gasteiger partial charge is 0.454 e. The predicted molar refractivity (Wildman–Crippen MR) is 118 cm³/mol. The lowest BCUT2D eigenvalue weighted by atomic mass is 9.84. The second-order valence-corrected chi connectivity index (χ2v) is 13.4. The average molecular weight is 413 g/mol. The van der Waals surface area contributed by atoms with Crippen LogP contribution in [0.3, 0.4) is 0 Å². The van der Waals surface area contributed by atoms with Gasteiger partial charge in [-0.15, -0.1) is 0 Å². The number of carbonyl (C=O) groups excluding carboxylic acids is 1. The summed E-state index contributed by atoms with van der Waals surface area (Å²) in [5.74, 6) is -0.230. The van der Waals surface area contributed by atoms with Gasteiger partial charge in [-0.05, 0) is 21.8 Å². The molecule has 1 heterocycles. The van der Waals surface area contributed by atoms with E-state index in [2.05, 4.69) is 45.0 Å². The Balaban J connectivity index is 2.10. The smallest absolute Gasteiger partial charge is 0.306 e. The number of carbonyl (C=O) groups is 1. The van der Waals surface area contributed by atoms with Gasteiger partial charge >= 0.3 is 5.97 Å². The van der Waals surface area contributed by atoms with Crippen molar-refractivity contribution >= 4 is 24.7 Å². The first-order chi connectivity index (χ1) is 13.7. The van der Waals surface area contributed by atoms with Crippen LogP contribution in [0.15, 0.2) is 60.7 Å². The first-order valence-electron chi connectivity index (χ1n) is 10.3. The first kappa shape index (κ1) is 21.7. The van der Waals surface area contributed by atoms with Crippen molar-refractivity contribution in [2.75, 3.05) is 13.2 Å². The van der Waals surface area contributed by atoms with Crippen molar-refractivity contribution in [2.45, 2.75) is 51.2 Å². The number of rotatable bonds is 6. The molecule has 2 aromatic carbocycles. The number of hydrogen-bond acceptors (Lipinski definition) is 4. The summed E-state index contributed by atoms with van der Waals surface area (Å²) in [6.45, 7) is 8.60. The number of esters is 1. The van der Waals surface area contributed by atoms with Gasteiger partial charge in [-0.2, -0.15) is 0 Å². The molecule has 156 valence electrons. The molecule has 2 aromatic rings. The Labute approximate surface area is 175 Å². The van der Waals surface area contributed by atoms with Crippen LogP contribution in [0.1, 0.15) is 40.5 Å². The van der Waals surface area contributed by atoms with Gasteiger partial charge in [0.15, 0.2) is 5.60 Å². The van der Waals surface area contributed by atoms with Crippen LogP contribution >= 0.6 is 0 Å². The Morgan fingerprint density at radius 3 is 2.03 bits per heavy atom. The molecule has 4 nitrogen and oxygen atoms in total. The Kier molecular flexibility index (Phi) is 6.32. The van der Waals surface area contributed by atoms with Gasteiger partial charge in [-0.25, -0.2) is 0 Å². The van der Waals surface area contributed by atoms with Crippen LogP contribution in [0.5, 0.6) is 0 Å². The molecule has 3 rings (SSSR count). The monoisotopic (exact) mass is 412 g/mol. The molecule has 0 spiro atoms. The molecule has 1 aliphatic heterocycles. The topological polar surface area (TPSA) is 55.8 Å². The second kappa shape index (κ2) is 8.42. The van der Waals surface area contributed by atoms with Gasteiger partial charge in [0.1, 0.15) is 0 Å². The zero-order valence-electron chi connectivity index (χ0n) is 17.9. The van der Waals surface area contributed by atoms with Crippen molar-refractivity contribution in [3.63, 3.8) is 0 Å². The Bertz CT molecular complexity index is 776. The summed E-state index contributed by atoms with van der Waals surface area (Å²) >= 11 is 0. The summed E-state index contributed by atoms with van der Waals surface area (Å²) < 4.78 is 12.6. The maximum Gasteiger partial charge on any atom is 0.306 e. The summed E-state index contributed by atoms with van der Waals surface area (Å²) in [6.07, 6.45) is 1.09. The van der Waals surface area contributed by atoms with Crippen LogP contribution in [0.2, 0.25) is 5.04 Å². The summed E-state index contributed by atoms with van der Waals surface area (Å²) in [5.41, 5.74) is -0.998. The second-order valence-electron chi connectivity index (χ2n) is 9.09. The van der Waals surface area contributed by atoms with Gasteiger partial charge in [0.05, 0.1) is 13.2 Å². The minimum Gasteiger partial charge on any atom is -0.454 e. The molecule has 0 unspecified atom stereocenters. The highest BCUT2D eigenvalue weighted by molar-refractivity contribution is 6.99. The highest BCUT2D eigenvalue weighted by atomic mass is 28.4. The molecule has 1 fully saturated rings. The number of ether oxygens (including phenoxy) is 1. The van der Waals surface area contributed by atoms with E-state index >= 15 is 0 Å². The third-order valence-electron chi connectivity index (χ3n) is 6.21. The normalized spacial score (nSPS) is 22.9. The molecule has 1 aliphatic rings. The van der Waals surface area contributed by atoms with Crippen LogP contribution < -0.4 is 10.4 Å². The molecule has 1 N–H and O–H groups in total. The van der Waals surface area contributed by atoms with Gasteiger partial charge in [0, 0.05) is 12.3 Å². The van der Waals surface area contributed by atoms with Gasteiger partial charge in [0.2, 0.25) is 0 Å². The molecular weight excluding hydrogens is 380 g/mol. The molecule has 0 amide bonds. The fourth-order valence-electron chi connectivity index (χ4n) is 4.37. The van der Waals surface area contributed by atoms with Crippen LogP contribution in [0.4, 0.5) is 0 Å². The van der Waals surface area contributed by atoms with E-state index < -0.39 is 13.9 Å². The third-order valence-corrected chi connectivity index (χ3v) is 11.2. The average Bonchev–Trinajstić information content (AvgIpc) is 2.71. The SMILES string of the molecule is C[C@@H]1CCC(=O)O[C@@]1(CO)CO[Si](c1ccccc1)(c1ccccc1)C(C)(C)C. The first-order valence-corrected chi connectivity index (χ1v) is 12.2. The van der Waals surface area contributed by atoms with Gasteiger partial charge in [-0.3, -0.25) is 4.79 Å². The standard InChI is InChI=1S/C24H32O4Si/c1-19-15-16-22(26)28-24(19,17-25)18-27-29(23(2,3)4,20-11-7-5-8-12-20)21-13-9-6-10-14-21/h5-14,19,25H,15-18H2,1-4H3/t19-,24+/m1/s1. The minimum absolute atomic E-state index is 0.0309. The number of aliphatic hydroxyl groups is 1. The number of aliphatic hydroxyl groups excluding tert-OH is 1. The van der Waals surface area contributed by atoms with E-state index in [0.717, 1.165) is 0 Å². The van der Waals surface area contributed by atoms with E-state index in [1.165, 1.54) is 10.4 Å². The maximum absolute atomic E-state index is 12.1. The predicted octanol–water partition coefficient (Wildman–Crippen LogP) is 3.27. The summed E-state index contributed by atoms with van der Waals surface area (Å²) in [6, 6.07) is 20.7. The minimum atomic E-state index is -2.75. The van der Waals surface area contributed by atoms with Crippen molar-refractivity contribution in [3.05, 3.63) is 60.7 Å². The lowest BCUT2D eigenvalue weighted by Crippen LogP contribution is -2.68. The Hall–Kier alpha value is -1.95. The van der Waals surface area contributed by atoms with Crippen LogP contribution in [0, 0.1) is 5.92 Å². The van der Waals surface area contributed by atoms with Crippen LogP contribution in [-0.2, 0) is 14.0 Å². The van der Waals surface area contributed by atoms with E-state index in [1.807, 2.05) is 43.3 Å². The van der Waals surface area contributed by atoms with E-state index in [9.17, 15) is 9.90 Å². The quantitative estimate of drug-likeness (QED) is 0.584. The number of benzene rings is 2.